The van der Waals surface area contributed by atoms with Crippen LogP contribution >= 0.6 is 0 Å². The van der Waals surface area contributed by atoms with Gasteiger partial charge < -0.3 is 10.6 Å². The van der Waals surface area contributed by atoms with Gasteiger partial charge in [-0.2, -0.15) is 0 Å². The molecule has 2 heterocycles. The van der Waals surface area contributed by atoms with Gasteiger partial charge in [0.25, 0.3) is 0 Å². The molecule has 0 aliphatic carbocycles. The van der Waals surface area contributed by atoms with Crippen molar-refractivity contribution in [1.29, 1.82) is 0 Å². The molecule has 20 heavy (non-hydrogen) atoms. The van der Waals surface area contributed by atoms with E-state index >= 15 is 0 Å². The Labute approximate surface area is 118 Å². The van der Waals surface area contributed by atoms with E-state index in [1.807, 2.05) is 41.5 Å². The van der Waals surface area contributed by atoms with Crippen LogP contribution in [0.3, 0.4) is 0 Å². The van der Waals surface area contributed by atoms with Crippen LogP contribution in [-0.4, -0.2) is 33.4 Å². The van der Waals surface area contributed by atoms with E-state index in [1.165, 1.54) is 0 Å². The van der Waals surface area contributed by atoms with Crippen molar-refractivity contribution in [2.45, 2.75) is 32.7 Å². The number of nitrogen functional groups attached to an aromatic ring is 1. The summed E-state index contributed by atoms with van der Waals surface area (Å²) in [5, 5.41) is 0. The summed E-state index contributed by atoms with van der Waals surface area (Å²) in [4.78, 5) is 18.9. The number of fused-ring (bicyclic) bond motifs is 1. The lowest BCUT2D eigenvalue weighted by atomic mass is 10.2. The molecule has 1 aromatic carbocycles. The van der Waals surface area contributed by atoms with E-state index in [4.69, 9.17) is 5.73 Å². The Hall–Kier alpha value is -2.04. The molecule has 106 valence electrons. The number of amides is 1. The number of benzene rings is 1. The van der Waals surface area contributed by atoms with E-state index in [2.05, 4.69) is 4.98 Å². The first kappa shape index (κ1) is 13.0. The average molecular weight is 272 g/mol. The Morgan fingerprint density at radius 2 is 2.05 bits per heavy atom. The van der Waals surface area contributed by atoms with Gasteiger partial charge in [0.15, 0.2) is 0 Å². The molecule has 0 saturated carbocycles. The van der Waals surface area contributed by atoms with Gasteiger partial charge in [-0.15, -0.1) is 0 Å². The van der Waals surface area contributed by atoms with Crippen LogP contribution < -0.4 is 5.73 Å². The van der Waals surface area contributed by atoms with Crippen LogP contribution in [0.1, 0.15) is 31.4 Å². The van der Waals surface area contributed by atoms with Crippen molar-refractivity contribution in [2.24, 2.45) is 0 Å². The van der Waals surface area contributed by atoms with Crippen LogP contribution in [0.5, 0.6) is 0 Å². The second-order valence-electron chi connectivity index (χ2n) is 5.49. The first-order valence-electron chi connectivity index (χ1n) is 7.11. The second-order valence-corrected chi connectivity index (χ2v) is 5.49. The van der Waals surface area contributed by atoms with Crippen molar-refractivity contribution in [3.8, 4) is 0 Å². The van der Waals surface area contributed by atoms with E-state index in [-0.39, 0.29) is 11.9 Å². The zero-order valence-corrected chi connectivity index (χ0v) is 12.0. The number of likely N-dealkylation sites (tertiary alicyclic amines) is 1. The zero-order chi connectivity index (χ0) is 14.3. The minimum absolute atomic E-state index is 0.136. The van der Waals surface area contributed by atoms with E-state index in [9.17, 15) is 4.79 Å². The zero-order valence-electron chi connectivity index (χ0n) is 12.0. The highest BCUT2D eigenvalue weighted by Crippen LogP contribution is 2.27. The lowest BCUT2D eigenvalue weighted by Crippen LogP contribution is -2.34. The van der Waals surface area contributed by atoms with Gasteiger partial charge in [0.05, 0.1) is 11.0 Å². The van der Waals surface area contributed by atoms with Gasteiger partial charge >= 0.3 is 0 Å². The van der Waals surface area contributed by atoms with Crippen LogP contribution in [0, 0.1) is 6.92 Å². The van der Waals surface area contributed by atoms with Crippen molar-refractivity contribution >= 4 is 22.9 Å². The first-order valence-corrected chi connectivity index (χ1v) is 7.11. The molecule has 2 N–H and O–H groups in total. The third-order valence-corrected chi connectivity index (χ3v) is 4.10. The summed E-state index contributed by atoms with van der Waals surface area (Å²) < 4.78 is 1.87. The molecule has 3 rings (SSSR count). The first-order chi connectivity index (χ1) is 9.59. The fraction of sp³-hybridized carbons (Fsp3) is 0.467. The van der Waals surface area contributed by atoms with Crippen LogP contribution in [0.25, 0.3) is 11.0 Å². The fourth-order valence-corrected chi connectivity index (χ4v) is 3.04. The Bertz CT molecular complexity index is 655. The highest BCUT2D eigenvalue weighted by Gasteiger charge is 2.27. The van der Waals surface area contributed by atoms with E-state index in [0.717, 1.165) is 42.5 Å². The summed E-state index contributed by atoms with van der Waals surface area (Å²) in [5.74, 6) is 0.547. The summed E-state index contributed by atoms with van der Waals surface area (Å²) in [6.45, 7) is 5.64. The van der Waals surface area contributed by atoms with Crippen molar-refractivity contribution in [3.63, 3.8) is 0 Å². The topological polar surface area (TPSA) is 64.1 Å². The molecule has 1 aliphatic heterocycles. The number of para-hydroxylation sites is 1. The number of anilines is 1. The average Bonchev–Trinajstić information content (AvgIpc) is 3.04. The highest BCUT2D eigenvalue weighted by atomic mass is 16.2. The predicted molar refractivity (Wildman–Crippen MR) is 79.4 cm³/mol. The van der Waals surface area contributed by atoms with Crippen molar-refractivity contribution in [2.75, 3.05) is 18.8 Å². The minimum atomic E-state index is -0.306. The van der Waals surface area contributed by atoms with Crippen LogP contribution in [-0.2, 0) is 4.79 Å². The molecule has 1 unspecified atom stereocenters. The number of nitrogens with two attached hydrogens (primary N) is 1. The number of carbonyl (C=O) groups excluding carboxylic acids is 1. The molecule has 5 nitrogen and oxygen atoms in total. The molecule has 1 aliphatic rings. The Morgan fingerprint density at radius 3 is 2.75 bits per heavy atom. The third-order valence-electron chi connectivity index (χ3n) is 4.10. The number of nitrogens with zero attached hydrogens (tertiary/aromatic N) is 3. The van der Waals surface area contributed by atoms with Crippen LogP contribution in [0.15, 0.2) is 18.2 Å². The van der Waals surface area contributed by atoms with Crippen molar-refractivity contribution < 1.29 is 4.79 Å². The highest BCUT2D eigenvalue weighted by molar-refractivity contribution is 5.87. The molecular formula is C15H20N4O. The number of imidazole rings is 1. The second kappa shape index (κ2) is 4.81. The Balaban J connectivity index is 2.04. The molecular weight excluding hydrogens is 252 g/mol. The van der Waals surface area contributed by atoms with Gasteiger partial charge in [0, 0.05) is 13.1 Å². The van der Waals surface area contributed by atoms with Crippen molar-refractivity contribution in [1.82, 2.24) is 14.5 Å². The summed E-state index contributed by atoms with van der Waals surface area (Å²) >= 11 is 0. The molecule has 0 spiro atoms. The molecule has 2 aromatic rings. The van der Waals surface area contributed by atoms with E-state index in [1.54, 1.807) is 0 Å². The smallest absolute Gasteiger partial charge is 0.245 e. The largest absolute Gasteiger partial charge is 0.369 e. The normalized spacial score (nSPS) is 16.8. The summed E-state index contributed by atoms with van der Waals surface area (Å²) in [5.41, 5.74) is 8.94. The molecule has 0 radical (unpaired) electrons. The van der Waals surface area contributed by atoms with Gasteiger partial charge in [0.1, 0.15) is 6.04 Å². The predicted octanol–water partition coefficient (Wildman–Crippen LogP) is 2.11. The molecule has 1 fully saturated rings. The maximum Gasteiger partial charge on any atom is 0.245 e. The summed E-state index contributed by atoms with van der Waals surface area (Å²) in [6, 6.07) is 5.61. The number of aromatic nitrogens is 2. The number of aryl methyl sites for hydroxylation is 1. The summed E-state index contributed by atoms with van der Waals surface area (Å²) in [6.07, 6.45) is 2.19. The quantitative estimate of drug-likeness (QED) is 0.910. The number of rotatable bonds is 2. The SMILES string of the molecule is Cc1cccc2nc(N)n(C(C)C(=O)N3CCCC3)c12. The maximum atomic E-state index is 12.6. The Morgan fingerprint density at radius 1 is 1.35 bits per heavy atom. The number of hydrogen-bond acceptors (Lipinski definition) is 3. The standard InChI is InChI=1S/C15H20N4O/c1-10-6-5-7-12-13(10)19(15(16)17-12)11(2)14(20)18-8-3-4-9-18/h5-7,11H,3-4,8-9H2,1-2H3,(H2,16,17). The molecule has 0 bridgehead atoms. The van der Waals surface area contributed by atoms with Gasteiger partial charge in [0.2, 0.25) is 11.9 Å². The molecule has 1 aromatic heterocycles. The van der Waals surface area contributed by atoms with Crippen molar-refractivity contribution in [3.05, 3.63) is 23.8 Å². The van der Waals surface area contributed by atoms with E-state index in [0.29, 0.717) is 5.95 Å². The van der Waals surface area contributed by atoms with Gasteiger partial charge in [-0.25, -0.2) is 4.98 Å². The minimum Gasteiger partial charge on any atom is -0.369 e. The lowest BCUT2D eigenvalue weighted by Gasteiger charge is -2.22. The number of hydrogen-bond donors (Lipinski definition) is 1. The summed E-state index contributed by atoms with van der Waals surface area (Å²) in [7, 11) is 0. The third kappa shape index (κ3) is 1.94. The molecule has 5 heteroatoms. The number of carbonyl (C=O) groups is 1. The van der Waals surface area contributed by atoms with Gasteiger partial charge in [-0.05, 0) is 38.3 Å². The maximum absolute atomic E-state index is 12.6. The monoisotopic (exact) mass is 272 g/mol. The van der Waals surface area contributed by atoms with Crippen LogP contribution in [0.2, 0.25) is 0 Å². The molecule has 1 atom stereocenters. The van der Waals surface area contributed by atoms with E-state index < -0.39 is 0 Å². The van der Waals surface area contributed by atoms with Gasteiger partial charge in [-0.1, -0.05) is 12.1 Å². The lowest BCUT2D eigenvalue weighted by molar-refractivity contribution is -0.133. The Kier molecular flexibility index (Phi) is 3.12. The molecule has 1 saturated heterocycles. The fourth-order valence-electron chi connectivity index (χ4n) is 3.04. The van der Waals surface area contributed by atoms with Gasteiger partial charge in [-0.3, -0.25) is 9.36 Å². The molecule has 1 amide bonds. The van der Waals surface area contributed by atoms with Crippen LogP contribution in [0.4, 0.5) is 5.95 Å².